The number of benzene rings is 1. The van der Waals surface area contributed by atoms with Gasteiger partial charge >= 0.3 is 6.03 Å². The van der Waals surface area contributed by atoms with Crippen molar-refractivity contribution in [3.8, 4) is 0 Å². The van der Waals surface area contributed by atoms with Crippen molar-refractivity contribution in [2.75, 3.05) is 11.4 Å². The van der Waals surface area contributed by atoms with Gasteiger partial charge in [-0.3, -0.25) is 4.90 Å². The number of hydrogen-bond acceptors (Lipinski definition) is 1. The summed E-state index contributed by atoms with van der Waals surface area (Å²) in [5.74, 6) is 0.652. The summed E-state index contributed by atoms with van der Waals surface area (Å²) < 4.78 is 0. The van der Waals surface area contributed by atoms with E-state index in [1.165, 1.54) is 31.3 Å². The Bertz CT molecular complexity index is 516. The summed E-state index contributed by atoms with van der Waals surface area (Å²) >= 11 is 0. The molecule has 0 radical (unpaired) electrons. The summed E-state index contributed by atoms with van der Waals surface area (Å²) in [7, 11) is 0. The number of hydrogen-bond donors (Lipinski definition) is 1. The molecule has 0 spiro atoms. The Kier molecular flexibility index (Phi) is 5.43. The zero-order valence-electron chi connectivity index (χ0n) is 13.4. The normalized spacial score (nSPS) is 16.0. The average Bonchev–Trinajstić information content (AvgIpc) is 3.00. The van der Waals surface area contributed by atoms with Crippen molar-refractivity contribution in [3.05, 3.63) is 41.6 Å². The number of amides is 2. The summed E-state index contributed by atoms with van der Waals surface area (Å²) in [4.78, 5) is 14.1. The molecular weight excluding hydrogens is 260 g/mol. The van der Waals surface area contributed by atoms with Crippen LogP contribution in [0.15, 0.2) is 36.0 Å². The molecule has 0 saturated heterocycles. The van der Waals surface area contributed by atoms with Crippen molar-refractivity contribution >= 4 is 11.7 Å². The van der Waals surface area contributed by atoms with Crippen molar-refractivity contribution in [2.24, 2.45) is 5.92 Å². The van der Waals surface area contributed by atoms with Gasteiger partial charge in [0.1, 0.15) is 0 Å². The van der Waals surface area contributed by atoms with Crippen LogP contribution < -0.4 is 10.2 Å². The lowest BCUT2D eigenvalue weighted by molar-refractivity contribution is 0.249. The summed E-state index contributed by atoms with van der Waals surface area (Å²) in [5, 5.41) is 2.95. The van der Waals surface area contributed by atoms with Crippen LogP contribution in [0.3, 0.4) is 0 Å². The molecule has 1 saturated carbocycles. The molecule has 1 N–H and O–H groups in total. The highest BCUT2D eigenvalue weighted by atomic mass is 16.2. The van der Waals surface area contributed by atoms with Crippen LogP contribution in [-0.4, -0.2) is 12.6 Å². The molecule has 1 fully saturated rings. The predicted molar refractivity (Wildman–Crippen MR) is 88.4 cm³/mol. The van der Waals surface area contributed by atoms with E-state index in [0.29, 0.717) is 12.5 Å². The SMILES string of the molecule is CCN(C(=O)N/C=C(\C)C1CCCC1)c1cccc(C)c1. The predicted octanol–water partition coefficient (Wildman–Crippen LogP) is 4.62. The molecule has 1 aromatic rings. The van der Waals surface area contributed by atoms with Crippen molar-refractivity contribution in [1.29, 1.82) is 0 Å². The second-order valence-corrected chi connectivity index (χ2v) is 5.90. The molecule has 0 unspecified atom stereocenters. The molecule has 0 heterocycles. The maximum absolute atomic E-state index is 12.4. The highest BCUT2D eigenvalue weighted by molar-refractivity contribution is 5.92. The van der Waals surface area contributed by atoms with Gasteiger partial charge in [0.2, 0.25) is 0 Å². The first-order valence-corrected chi connectivity index (χ1v) is 7.93. The number of urea groups is 1. The minimum Gasteiger partial charge on any atom is -0.314 e. The summed E-state index contributed by atoms with van der Waals surface area (Å²) in [6.07, 6.45) is 7.04. The molecule has 0 bridgehead atoms. The number of anilines is 1. The summed E-state index contributed by atoms with van der Waals surface area (Å²) in [6.45, 7) is 6.82. The fraction of sp³-hybridized carbons (Fsp3) is 0.500. The second kappa shape index (κ2) is 7.30. The standard InChI is InChI=1S/C18H26N2O/c1-4-20(17-11-7-8-14(2)12-17)18(21)19-13-15(3)16-9-5-6-10-16/h7-8,11-13,16H,4-6,9-10H2,1-3H3,(H,19,21)/b15-13+. The van der Waals surface area contributed by atoms with E-state index in [9.17, 15) is 4.79 Å². The Morgan fingerprint density at radius 2 is 2.10 bits per heavy atom. The van der Waals surface area contributed by atoms with Crippen LogP contribution in [0.25, 0.3) is 0 Å². The third-order valence-corrected chi connectivity index (χ3v) is 4.30. The van der Waals surface area contributed by atoms with Gasteiger partial charge in [-0.25, -0.2) is 4.79 Å². The van der Waals surface area contributed by atoms with Gasteiger partial charge in [0.25, 0.3) is 0 Å². The van der Waals surface area contributed by atoms with Gasteiger partial charge in [-0.15, -0.1) is 0 Å². The van der Waals surface area contributed by atoms with Crippen LogP contribution in [0.1, 0.15) is 45.1 Å². The molecule has 3 heteroatoms. The smallest absolute Gasteiger partial charge is 0.314 e. The molecule has 21 heavy (non-hydrogen) atoms. The molecule has 2 rings (SSSR count). The Labute approximate surface area is 128 Å². The first-order chi connectivity index (χ1) is 10.1. The van der Waals surface area contributed by atoms with E-state index >= 15 is 0 Å². The molecule has 1 aliphatic carbocycles. The molecular formula is C18H26N2O. The number of carbonyl (C=O) groups excluding carboxylic acids is 1. The molecule has 0 atom stereocenters. The van der Waals surface area contributed by atoms with Gasteiger partial charge in [-0.1, -0.05) is 30.5 Å². The van der Waals surface area contributed by atoms with E-state index in [1.807, 2.05) is 44.3 Å². The fourth-order valence-electron chi connectivity index (χ4n) is 2.99. The van der Waals surface area contributed by atoms with Crippen LogP contribution >= 0.6 is 0 Å². The van der Waals surface area contributed by atoms with E-state index in [0.717, 1.165) is 11.3 Å². The van der Waals surface area contributed by atoms with E-state index in [-0.39, 0.29) is 6.03 Å². The monoisotopic (exact) mass is 286 g/mol. The minimum absolute atomic E-state index is 0.0551. The molecule has 3 nitrogen and oxygen atoms in total. The highest BCUT2D eigenvalue weighted by Crippen LogP contribution is 2.30. The van der Waals surface area contributed by atoms with Crippen LogP contribution in [-0.2, 0) is 0 Å². The van der Waals surface area contributed by atoms with Crippen LogP contribution in [0.4, 0.5) is 10.5 Å². The molecule has 2 amide bonds. The molecule has 1 aromatic carbocycles. The maximum atomic E-state index is 12.4. The Balaban J connectivity index is 2.01. The van der Waals surface area contributed by atoms with E-state index in [4.69, 9.17) is 0 Å². The first-order valence-electron chi connectivity index (χ1n) is 7.93. The number of nitrogens with zero attached hydrogens (tertiary/aromatic N) is 1. The number of carbonyl (C=O) groups is 1. The summed E-state index contributed by atoms with van der Waals surface area (Å²) in [6, 6.07) is 7.99. The zero-order chi connectivity index (χ0) is 15.2. The molecule has 1 aliphatic rings. The maximum Gasteiger partial charge on any atom is 0.325 e. The van der Waals surface area contributed by atoms with Gasteiger partial charge in [-0.05, 0) is 57.2 Å². The largest absolute Gasteiger partial charge is 0.325 e. The average molecular weight is 286 g/mol. The van der Waals surface area contributed by atoms with Crippen LogP contribution in [0.5, 0.6) is 0 Å². The van der Waals surface area contributed by atoms with Crippen molar-refractivity contribution in [3.63, 3.8) is 0 Å². The van der Waals surface area contributed by atoms with Gasteiger partial charge in [0.05, 0.1) is 0 Å². The Morgan fingerprint density at radius 1 is 1.38 bits per heavy atom. The molecule has 114 valence electrons. The second-order valence-electron chi connectivity index (χ2n) is 5.90. The quantitative estimate of drug-likeness (QED) is 0.860. The van der Waals surface area contributed by atoms with Crippen LogP contribution in [0, 0.1) is 12.8 Å². The number of nitrogens with one attached hydrogen (secondary N) is 1. The third-order valence-electron chi connectivity index (χ3n) is 4.30. The number of allylic oxidation sites excluding steroid dienone is 1. The van der Waals surface area contributed by atoms with Crippen molar-refractivity contribution in [2.45, 2.75) is 46.5 Å². The third kappa shape index (κ3) is 4.10. The zero-order valence-corrected chi connectivity index (χ0v) is 13.4. The van der Waals surface area contributed by atoms with E-state index in [1.54, 1.807) is 4.90 Å². The molecule has 0 aromatic heterocycles. The lowest BCUT2D eigenvalue weighted by atomic mass is 10.0. The summed E-state index contributed by atoms with van der Waals surface area (Å²) in [5.41, 5.74) is 3.40. The van der Waals surface area contributed by atoms with Gasteiger partial charge in [-0.2, -0.15) is 0 Å². The van der Waals surface area contributed by atoms with Gasteiger partial charge in [0, 0.05) is 18.4 Å². The Hall–Kier alpha value is -1.77. The lowest BCUT2D eigenvalue weighted by Gasteiger charge is -2.21. The minimum atomic E-state index is -0.0551. The van der Waals surface area contributed by atoms with Gasteiger partial charge in [0.15, 0.2) is 0 Å². The highest BCUT2D eigenvalue weighted by Gasteiger charge is 2.17. The van der Waals surface area contributed by atoms with E-state index in [2.05, 4.69) is 12.2 Å². The number of aryl methyl sites for hydroxylation is 1. The van der Waals surface area contributed by atoms with Crippen molar-refractivity contribution < 1.29 is 4.79 Å². The number of rotatable bonds is 4. The molecule has 0 aliphatic heterocycles. The lowest BCUT2D eigenvalue weighted by Crippen LogP contribution is -2.37. The van der Waals surface area contributed by atoms with Crippen LogP contribution in [0.2, 0.25) is 0 Å². The first kappa shape index (κ1) is 15.6. The fourth-order valence-corrected chi connectivity index (χ4v) is 2.99. The Morgan fingerprint density at radius 3 is 2.71 bits per heavy atom. The topological polar surface area (TPSA) is 32.3 Å². The van der Waals surface area contributed by atoms with Crippen molar-refractivity contribution in [1.82, 2.24) is 5.32 Å². The van der Waals surface area contributed by atoms with Gasteiger partial charge < -0.3 is 5.32 Å². The van der Waals surface area contributed by atoms with E-state index < -0.39 is 0 Å².